The SMILES string of the molecule is COc1ncnc(C2CC2)c1-c1nn(C)c2c1CNC2. The Morgan fingerprint density at radius 2 is 2.15 bits per heavy atom. The highest BCUT2D eigenvalue weighted by molar-refractivity contribution is 5.72. The number of hydrogen-bond donors (Lipinski definition) is 1. The third-order valence-electron chi connectivity index (χ3n) is 4.11. The Morgan fingerprint density at radius 1 is 1.30 bits per heavy atom. The first-order valence-corrected chi connectivity index (χ1v) is 6.94. The van der Waals surface area contributed by atoms with Crippen LogP contribution in [0.3, 0.4) is 0 Å². The second-order valence-corrected chi connectivity index (χ2v) is 5.42. The van der Waals surface area contributed by atoms with Crippen molar-refractivity contribution in [1.82, 2.24) is 25.1 Å². The fourth-order valence-corrected chi connectivity index (χ4v) is 2.94. The van der Waals surface area contributed by atoms with E-state index in [1.807, 2.05) is 11.7 Å². The van der Waals surface area contributed by atoms with Gasteiger partial charge in [0.2, 0.25) is 5.88 Å². The molecule has 6 nitrogen and oxygen atoms in total. The van der Waals surface area contributed by atoms with Crippen molar-refractivity contribution in [2.24, 2.45) is 7.05 Å². The molecule has 2 aromatic rings. The van der Waals surface area contributed by atoms with Gasteiger partial charge in [-0.05, 0) is 12.8 Å². The highest BCUT2D eigenvalue weighted by Crippen LogP contribution is 2.46. The van der Waals surface area contributed by atoms with E-state index in [1.54, 1.807) is 13.4 Å². The molecule has 0 saturated heterocycles. The largest absolute Gasteiger partial charge is 0.480 e. The summed E-state index contributed by atoms with van der Waals surface area (Å²) < 4.78 is 7.42. The van der Waals surface area contributed by atoms with Crippen LogP contribution >= 0.6 is 0 Å². The molecule has 2 aromatic heterocycles. The summed E-state index contributed by atoms with van der Waals surface area (Å²) in [7, 11) is 3.65. The predicted molar refractivity (Wildman–Crippen MR) is 73.3 cm³/mol. The number of ether oxygens (including phenoxy) is 1. The number of aromatic nitrogens is 4. The van der Waals surface area contributed by atoms with E-state index in [0.29, 0.717) is 11.8 Å². The van der Waals surface area contributed by atoms with Gasteiger partial charge in [-0.15, -0.1) is 0 Å². The number of fused-ring (bicyclic) bond motifs is 1. The van der Waals surface area contributed by atoms with Crippen LogP contribution in [0.1, 0.15) is 35.7 Å². The summed E-state index contributed by atoms with van der Waals surface area (Å²) in [5.74, 6) is 1.17. The van der Waals surface area contributed by atoms with E-state index in [0.717, 1.165) is 30.0 Å². The molecule has 0 atom stereocenters. The molecule has 1 saturated carbocycles. The summed E-state index contributed by atoms with van der Waals surface area (Å²) in [4.78, 5) is 8.78. The van der Waals surface area contributed by atoms with Crippen LogP contribution in [0.25, 0.3) is 11.3 Å². The van der Waals surface area contributed by atoms with Gasteiger partial charge in [0.15, 0.2) is 0 Å². The van der Waals surface area contributed by atoms with Crippen LogP contribution in [0.15, 0.2) is 6.33 Å². The van der Waals surface area contributed by atoms with Crippen molar-refractivity contribution in [1.29, 1.82) is 0 Å². The lowest BCUT2D eigenvalue weighted by Gasteiger charge is -2.10. The zero-order valence-corrected chi connectivity index (χ0v) is 11.7. The predicted octanol–water partition coefficient (Wildman–Crippen LogP) is 1.37. The second-order valence-electron chi connectivity index (χ2n) is 5.42. The van der Waals surface area contributed by atoms with Crippen molar-refractivity contribution < 1.29 is 4.74 Å². The van der Waals surface area contributed by atoms with Gasteiger partial charge in [0, 0.05) is 31.6 Å². The van der Waals surface area contributed by atoms with Gasteiger partial charge < -0.3 is 10.1 Å². The molecule has 1 fully saturated rings. The highest BCUT2D eigenvalue weighted by Gasteiger charge is 2.33. The Labute approximate surface area is 117 Å². The first kappa shape index (κ1) is 11.8. The second kappa shape index (κ2) is 4.28. The van der Waals surface area contributed by atoms with E-state index in [1.165, 1.54) is 24.1 Å². The maximum absolute atomic E-state index is 5.47. The quantitative estimate of drug-likeness (QED) is 0.913. The first-order chi connectivity index (χ1) is 9.79. The number of hydrogen-bond acceptors (Lipinski definition) is 5. The summed E-state index contributed by atoms with van der Waals surface area (Å²) >= 11 is 0. The van der Waals surface area contributed by atoms with Crippen molar-refractivity contribution in [3.05, 3.63) is 23.3 Å². The van der Waals surface area contributed by atoms with Crippen LogP contribution in [0.2, 0.25) is 0 Å². The van der Waals surface area contributed by atoms with Gasteiger partial charge in [-0.3, -0.25) is 4.68 Å². The van der Waals surface area contributed by atoms with E-state index < -0.39 is 0 Å². The number of aryl methyl sites for hydroxylation is 1. The van der Waals surface area contributed by atoms with Gasteiger partial charge in [0.05, 0.1) is 24.1 Å². The minimum atomic E-state index is 0.536. The molecule has 104 valence electrons. The van der Waals surface area contributed by atoms with Gasteiger partial charge in [0.1, 0.15) is 12.0 Å². The van der Waals surface area contributed by atoms with E-state index in [-0.39, 0.29) is 0 Å². The minimum Gasteiger partial charge on any atom is -0.480 e. The Balaban J connectivity index is 1.95. The van der Waals surface area contributed by atoms with Crippen molar-refractivity contribution in [3.8, 4) is 17.1 Å². The maximum atomic E-state index is 5.47. The van der Waals surface area contributed by atoms with Crippen molar-refractivity contribution in [3.63, 3.8) is 0 Å². The molecule has 20 heavy (non-hydrogen) atoms. The molecule has 0 spiro atoms. The van der Waals surface area contributed by atoms with Gasteiger partial charge in [-0.25, -0.2) is 9.97 Å². The molecule has 1 aliphatic carbocycles. The van der Waals surface area contributed by atoms with E-state index >= 15 is 0 Å². The highest BCUT2D eigenvalue weighted by atomic mass is 16.5. The van der Waals surface area contributed by atoms with Crippen molar-refractivity contribution >= 4 is 0 Å². The third kappa shape index (κ3) is 1.64. The molecule has 0 unspecified atom stereocenters. The molecular formula is C14H17N5O. The molecule has 0 bridgehead atoms. The number of methoxy groups -OCH3 is 1. The van der Waals surface area contributed by atoms with Crippen LogP contribution in [-0.2, 0) is 20.1 Å². The van der Waals surface area contributed by atoms with Crippen LogP contribution in [0.4, 0.5) is 0 Å². The van der Waals surface area contributed by atoms with Crippen LogP contribution in [0, 0.1) is 0 Å². The summed E-state index contributed by atoms with van der Waals surface area (Å²) in [6.07, 6.45) is 3.98. The zero-order valence-electron chi connectivity index (χ0n) is 11.7. The van der Waals surface area contributed by atoms with E-state index in [4.69, 9.17) is 9.84 Å². The van der Waals surface area contributed by atoms with Gasteiger partial charge in [0.25, 0.3) is 0 Å². The summed E-state index contributed by atoms with van der Waals surface area (Å²) in [6.45, 7) is 1.72. The molecule has 1 N–H and O–H groups in total. The zero-order chi connectivity index (χ0) is 13.7. The van der Waals surface area contributed by atoms with Crippen LogP contribution in [-0.4, -0.2) is 26.9 Å². The summed E-state index contributed by atoms with van der Waals surface area (Å²) in [5.41, 5.74) is 5.55. The van der Waals surface area contributed by atoms with Crippen LogP contribution in [0.5, 0.6) is 5.88 Å². The lowest BCUT2D eigenvalue weighted by Crippen LogP contribution is -2.07. The minimum absolute atomic E-state index is 0.536. The van der Waals surface area contributed by atoms with E-state index in [2.05, 4.69) is 15.3 Å². The third-order valence-corrected chi connectivity index (χ3v) is 4.11. The Morgan fingerprint density at radius 3 is 2.90 bits per heavy atom. The van der Waals surface area contributed by atoms with Crippen molar-refractivity contribution in [2.45, 2.75) is 31.8 Å². The number of nitrogens with zero attached hydrogens (tertiary/aromatic N) is 4. The normalized spacial score (nSPS) is 17.3. The fraction of sp³-hybridized carbons (Fsp3) is 0.500. The fourth-order valence-electron chi connectivity index (χ4n) is 2.94. The monoisotopic (exact) mass is 271 g/mol. The first-order valence-electron chi connectivity index (χ1n) is 6.94. The molecule has 2 aliphatic rings. The van der Waals surface area contributed by atoms with E-state index in [9.17, 15) is 0 Å². The molecule has 3 heterocycles. The molecule has 0 radical (unpaired) electrons. The average Bonchev–Trinajstić information content (AvgIpc) is 3.11. The molecule has 6 heteroatoms. The summed E-state index contributed by atoms with van der Waals surface area (Å²) in [5, 5.41) is 8.08. The molecular weight excluding hydrogens is 254 g/mol. The molecule has 0 aromatic carbocycles. The standard InChI is InChI=1S/C14H17N5O/c1-19-10-6-15-5-9(10)13(18-19)11-12(8-3-4-8)16-7-17-14(11)20-2/h7-8,15H,3-6H2,1-2H3. The topological polar surface area (TPSA) is 64.9 Å². The molecule has 4 rings (SSSR count). The average molecular weight is 271 g/mol. The van der Waals surface area contributed by atoms with Gasteiger partial charge in [-0.2, -0.15) is 5.10 Å². The lowest BCUT2D eigenvalue weighted by molar-refractivity contribution is 0.397. The number of rotatable bonds is 3. The lowest BCUT2D eigenvalue weighted by atomic mass is 10.0. The van der Waals surface area contributed by atoms with Gasteiger partial charge >= 0.3 is 0 Å². The van der Waals surface area contributed by atoms with Gasteiger partial charge in [-0.1, -0.05) is 0 Å². The Hall–Kier alpha value is -1.95. The Bertz CT molecular complexity index is 674. The molecule has 0 amide bonds. The smallest absolute Gasteiger partial charge is 0.226 e. The number of nitrogens with one attached hydrogen (secondary N) is 1. The molecule has 1 aliphatic heterocycles. The Kier molecular flexibility index (Phi) is 2.53. The van der Waals surface area contributed by atoms with Crippen molar-refractivity contribution in [2.75, 3.05) is 7.11 Å². The van der Waals surface area contributed by atoms with Crippen LogP contribution < -0.4 is 10.1 Å². The summed E-state index contributed by atoms with van der Waals surface area (Å²) in [6, 6.07) is 0. The maximum Gasteiger partial charge on any atom is 0.226 e.